The van der Waals surface area contributed by atoms with Gasteiger partial charge in [-0.2, -0.15) is 0 Å². The van der Waals surface area contributed by atoms with E-state index in [1.807, 2.05) is 0 Å². The van der Waals surface area contributed by atoms with Crippen LogP contribution in [0.2, 0.25) is 0 Å². The summed E-state index contributed by atoms with van der Waals surface area (Å²) in [5.74, 6) is 0. The summed E-state index contributed by atoms with van der Waals surface area (Å²) >= 11 is 0. The summed E-state index contributed by atoms with van der Waals surface area (Å²) in [6.07, 6.45) is 2.95. The van der Waals surface area contributed by atoms with E-state index in [-0.39, 0.29) is 17.1 Å². The average Bonchev–Trinajstić information content (AvgIpc) is 2.90. The molecule has 3 aliphatic heterocycles. The molecule has 4 rings (SSSR count). The van der Waals surface area contributed by atoms with Gasteiger partial charge in [0.15, 0.2) is 0 Å². The fraction of sp³-hybridized carbons (Fsp3) is 1.00. The van der Waals surface area contributed by atoms with Crippen LogP contribution < -0.4 is 0 Å². The van der Waals surface area contributed by atoms with Gasteiger partial charge in [0.1, 0.15) is 11.7 Å². The summed E-state index contributed by atoms with van der Waals surface area (Å²) in [4.78, 5) is 0. The molecular weight excluding hydrogens is 266 g/mol. The van der Waals surface area contributed by atoms with Crippen LogP contribution in [0.1, 0.15) is 19.3 Å². The molecule has 4 aliphatic rings. The van der Waals surface area contributed by atoms with Crippen molar-refractivity contribution in [2.75, 3.05) is 19.8 Å². The van der Waals surface area contributed by atoms with E-state index in [2.05, 4.69) is 0 Å². The van der Waals surface area contributed by atoms with Gasteiger partial charge in [-0.3, -0.25) is 4.57 Å². The minimum Gasteiger partial charge on any atom is -0.310 e. The van der Waals surface area contributed by atoms with Crippen LogP contribution >= 0.6 is 16.9 Å². The molecule has 0 amide bonds. The number of hydrogen-bond donors (Lipinski definition) is 0. The second-order valence-electron chi connectivity index (χ2n) is 5.18. The SMILES string of the molecule is O=[PH]1OCC2(CCCC34COP(OC23)O4)CO1. The van der Waals surface area contributed by atoms with Crippen LogP contribution in [0.4, 0.5) is 0 Å². The topological polar surface area (TPSA) is 63.2 Å². The van der Waals surface area contributed by atoms with Gasteiger partial charge in [0.05, 0.1) is 19.8 Å². The maximum Gasteiger partial charge on any atom is 0.333 e. The molecule has 3 saturated heterocycles. The lowest BCUT2D eigenvalue weighted by atomic mass is 9.66. The van der Waals surface area contributed by atoms with Crippen LogP contribution in [0.15, 0.2) is 0 Å². The van der Waals surface area contributed by atoms with Gasteiger partial charge in [-0.05, 0) is 19.3 Å². The molecule has 0 aromatic rings. The molecule has 4 fully saturated rings. The van der Waals surface area contributed by atoms with Gasteiger partial charge in [-0.25, -0.2) is 0 Å². The standard InChI is InChI=1S/C9H14O6P2/c10-16-11-4-8(5-12-16)2-1-3-9-6-13-17(15-9)14-7(8)9/h7,16H,1-6H2. The number of fused-ring (bicyclic) bond motifs is 2. The summed E-state index contributed by atoms with van der Waals surface area (Å²) in [6, 6.07) is 0. The zero-order valence-electron chi connectivity index (χ0n) is 9.22. The first-order valence-electron chi connectivity index (χ1n) is 5.81. The zero-order chi connectivity index (χ0) is 11.5. The summed E-state index contributed by atoms with van der Waals surface area (Å²) in [5.41, 5.74) is -0.499. The zero-order valence-corrected chi connectivity index (χ0v) is 11.1. The molecule has 2 bridgehead atoms. The van der Waals surface area contributed by atoms with Crippen molar-refractivity contribution in [3.05, 3.63) is 0 Å². The highest BCUT2D eigenvalue weighted by atomic mass is 31.2. The Balaban J connectivity index is 1.66. The highest BCUT2D eigenvalue weighted by Crippen LogP contribution is 2.68. The smallest absolute Gasteiger partial charge is 0.310 e. The second kappa shape index (κ2) is 3.73. The van der Waals surface area contributed by atoms with Crippen LogP contribution in [0.3, 0.4) is 0 Å². The van der Waals surface area contributed by atoms with Crippen molar-refractivity contribution in [3.63, 3.8) is 0 Å². The number of rotatable bonds is 0. The molecule has 6 nitrogen and oxygen atoms in total. The first-order valence-corrected chi connectivity index (χ1v) is 8.13. The Labute approximate surface area is 101 Å². The molecule has 3 heterocycles. The van der Waals surface area contributed by atoms with Crippen LogP contribution in [0.5, 0.6) is 0 Å². The Morgan fingerprint density at radius 2 is 2.00 bits per heavy atom. The van der Waals surface area contributed by atoms with Gasteiger partial charge in [-0.1, -0.05) is 0 Å². The highest BCUT2D eigenvalue weighted by Gasteiger charge is 2.66. The van der Waals surface area contributed by atoms with Gasteiger partial charge in [-0.15, -0.1) is 0 Å². The third kappa shape index (κ3) is 1.53. The first kappa shape index (κ1) is 11.3. The molecule has 0 aromatic carbocycles. The Kier molecular flexibility index (Phi) is 2.48. The minimum atomic E-state index is -2.28. The summed E-state index contributed by atoms with van der Waals surface area (Å²) < 4.78 is 38.8. The van der Waals surface area contributed by atoms with Gasteiger partial charge >= 0.3 is 16.9 Å². The van der Waals surface area contributed by atoms with Crippen LogP contribution in [0.25, 0.3) is 0 Å². The minimum absolute atomic E-state index is 0.0290. The van der Waals surface area contributed by atoms with Gasteiger partial charge < -0.3 is 22.6 Å². The van der Waals surface area contributed by atoms with Crippen molar-refractivity contribution in [3.8, 4) is 0 Å². The number of hydrogen-bond acceptors (Lipinski definition) is 6. The molecule has 3 atom stereocenters. The first-order chi connectivity index (χ1) is 8.23. The summed E-state index contributed by atoms with van der Waals surface area (Å²) in [6.45, 7) is 1.51. The van der Waals surface area contributed by atoms with Crippen molar-refractivity contribution in [1.82, 2.24) is 0 Å². The lowest BCUT2D eigenvalue weighted by Crippen LogP contribution is -2.59. The molecule has 0 aromatic heterocycles. The van der Waals surface area contributed by atoms with Gasteiger partial charge in [0.25, 0.3) is 0 Å². The van der Waals surface area contributed by atoms with E-state index in [1.54, 1.807) is 0 Å². The van der Waals surface area contributed by atoms with E-state index < -0.39 is 16.9 Å². The van der Waals surface area contributed by atoms with Crippen LogP contribution in [-0.4, -0.2) is 31.5 Å². The van der Waals surface area contributed by atoms with Crippen LogP contribution in [0, 0.1) is 5.41 Å². The molecule has 0 radical (unpaired) electrons. The Bertz CT molecular complexity index is 366. The van der Waals surface area contributed by atoms with Crippen molar-refractivity contribution in [2.24, 2.45) is 5.41 Å². The maximum atomic E-state index is 11.2. The normalized spacial score (nSPS) is 57.3. The molecule has 1 aliphatic carbocycles. The fourth-order valence-corrected chi connectivity index (χ4v) is 5.79. The largest absolute Gasteiger partial charge is 0.333 e. The molecule has 96 valence electrons. The molecule has 2 spiro atoms. The van der Waals surface area contributed by atoms with Crippen LogP contribution in [-0.2, 0) is 27.2 Å². The Hall–Kier alpha value is 0.460. The predicted octanol–water partition coefficient (Wildman–Crippen LogP) is 2.00. The lowest BCUT2D eigenvalue weighted by Gasteiger charge is -2.49. The van der Waals surface area contributed by atoms with Crippen molar-refractivity contribution < 1.29 is 27.2 Å². The Morgan fingerprint density at radius 3 is 2.76 bits per heavy atom. The Morgan fingerprint density at radius 1 is 1.18 bits per heavy atom. The van der Waals surface area contributed by atoms with Gasteiger partial charge in [0, 0.05) is 5.41 Å². The quantitative estimate of drug-likeness (QED) is 0.632. The summed E-state index contributed by atoms with van der Waals surface area (Å²) in [5, 5.41) is 0. The predicted molar refractivity (Wildman–Crippen MR) is 58.8 cm³/mol. The molecular formula is C9H14O6P2. The monoisotopic (exact) mass is 280 g/mol. The van der Waals surface area contributed by atoms with Crippen molar-refractivity contribution in [2.45, 2.75) is 31.0 Å². The average molecular weight is 280 g/mol. The van der Waals surface area contributed by atoms with E-state index in [4.69, 9.17) is 22.6 Å². The molecule has 17 heavy (non-hydrogen) atoms. The third-order valence-corrected chi connectivity index (χ3v) is 6.12. The third-order valence-electron chi connectivity index (χ3n) is 4.13. The van der Waals surface area contributed by atoms with Gasteiger partial charge in [0.2, 0.25) is 0 Å². The van der Waals surface area contributed by atoms with E-state index in [1.165, 1.54) is 0 Å². The van der Waals surface area contributed by atoms with E-state index >= 15 is 0 Å². The maximum absolute atomic E-state index is 11.2. The fourth-order valence-electron chi connectivity index (χ4n) is 3.29. The highest BCUT2D eigenvalue weighted by molar-refractivity contribution is 7.42. The molecule has 8 heteroatoms. The van der Waals surface area contributed by atoms with E-state index in [0.29, 0.717) is 19.8 Å². The lowest BCUT2D eigenvalue weighted by molar-refractivity contribution is -0.141. The van der Waals surface area contributed by atoms with E-state index in [0.717, 1.165) is 19.3 Å². The van der Waals surface area contributed by atoms with Crippen molar-refractivity contribution >= 4 is 16.9 Å². The summed E-state index contributed by atoms with van der Waals surface area (Å²) in [7, 11) is -3.45. The van der Waals surface area contributed by atoms with E-state index in [9.17, 15) is 4.57 Å². The second-order valence-corrected chi connectivity index (χ2v) is 7.36. The molecule has 3 unspecified atom stereocenters. The molecule has 0 N–H and O–H groups in total. The van der Waals surface area contributed by atoms with Crippen molar-refractivity contribution in [1.29, 1.82) is 0 Å². The molecule has 1 saturated carbocycles.